The van der Waals surface area contributed by atoms with Gasteiger partial charge in [-0.2, -0.15) is 4.31 Å². The Kier molecular flexibility index (Phi) is 8.27. The molecule has 1 aliphatic carbocycles. The van der Waals surface area contributed by atoms with Crippen LogP contribution in [-0.2, 0) is 16.6 Å². The molecule has 1 saturated heterocycles. The summed E-state index contributed by atoms with van der Waals surface area (Å²) >= 11 is 6.22. The van der Waals surface area contributed by atoms with Crippen LogP contribution in [0, 0.1) is 6.92 Å². The molecule has 1 aliphatic heterocycles. The van der Waals surface area contributed by atoms with Crippen molar-refractivity contribution in [2.24, 2.45) is 0 Å². The zero-order valence-electron chi connectivity index (χ0n) is 23.4. The number of amides is 1. The highest BCUT2D eigenvalue weighted by atomic mass is 35.5. The van der Waals surface area contributed by atoms with Crippen molar-refractivity contribution in [1.82, 2.24) is 13.8 Å². The van der Waals surface area contributed by atoms with Crippen molar-refractivity contribution in [3.8, 4) is 0 Å². The zero-order chi connectivity index (χ0) is 28.6. The molecule has 0 radical (unpaired) electrons. The van der Waals surface area contributed by atoms with Gasteiger partial charge in [-0.15, -0.1) is 0 Å². The van der Waals surface area contributed by atoms with Crippen molar-refractivity contribution in [1.29, 1.82) is 0 Å². The highest BCUT2D eigenvalue weighted by Crippen LogP contribution is 2.28. The number of carbonyl (C=O) groups is 1. The van der Waals surface area contributed by atoms with E-state index in [1.54, 1.807) is 30.3 Å². The van der Waals surface area contributed by atoms with Gasteiger partial charge in [-0.05, 0) is 62.6 Å². The summed E-state index contributed by atoms with van der Waals surface area (Å²) in [5.41, 5.74) is 2.41. The number of aryl methyl sites for hydroxylation is 2. The van der Waals surface area contributed by atoms with Gasteiger partial charge in [-0.25, -0.2) is 8.42 Å². The van der Waals surface area contributed by atoms with Crippen molar-refractivity contribution in [3.63, 3.8) is 0 Å². The molecule has 10 heteroatoms. The summed E-state index contributed by atoms with van der Waals surface area (Å²) in [4.78, 5) is 31.3. The fraction of sp³-hybridized carbons (Fsp3) is 0.467. The van der Waals surface area contributed by atoms with Crippen molar-refractivity contribution in [2.75, 3.05) is 38.1 Å². The van der Waals surface area contributed by atoms with Crippen LogP contribution < -0.4 is 10.3 Å². The molecule has 0 atom stereocenters. The Morgan fingerprint density at radius 3 is 2.40 bits per heavy atom. The van der Waals surface area contributed by atoms with Gasteiger partial charge in [0.1, 0.15) is 5.56 Å². The van der Waals surface area contributed by atoms with Crippen LogP contribution in [0.3, 0.4) is 0 Å². The van der Waals surface area contributed by atoms with Crippen LogP contribution in [0.4, 0.5) is 5.69 Å². The number of nitrogens with zero attached hydrogens (tertiary/aromatic N) is 4. The standard InChI is InChI=1S/C30H37ClN4O4S/c1-4-33-20-26(30(37)35-16-14-34(15-17-35)28-18-22(31)11-10-21(28)2)29(36)25-19-24(12-13-27(25)33)40(38,39)32(3)23-8-6-5-7-9-23/h10-13,18-20,23H,4-9,14-17H2,1-3H3. The van der Waals surface area contributed by atoms with Gasteiger partial charge in [-0.3, -0.25) is 9.59 Å². The monoisotopic (exact) mass is 584 g/mol. The Hall–Kier alpha value is -2.88. The third kappa shape index (κ3) is 5.39. The van der Waals surface area contributed by atoms with Crippen LogP contribution in [0.25, 0.3) is 10.9 Å². The summed E-state index contributed by atoms with van der Waals surface area (Å²) in [5.74, 6) is -0.329. The lowest BCUT2D eigenvalue weighted by molar-refractivity contribution is 0.0745. The number of anilines is 1. The predicted octanol–water partition coefficient (Wildman–Crippen LogP) is 4.90. The first-order valence-electron chi connectivity index (χ1n) is 14.1. The number of hydrogen-bond acceptors (Lipinski definition) is 5. The van der Waals surface area contributed by atoms with Crippen LogP contribution in [-0.4, -0.2) is 67.4 Å². The van der Waals surface area contributed by atoms with Crippen molar-refractivity contribution >= 4 is 44.1 Å². The minimum atomic E-state index is -3.78. The number of fused-ring (bicyclic) bond motifs is 1. The first-order valence-corrected chi connectivity index (χ1v) is 15.9. The Bertz CT molecular complexity index is 1590. The molecule has 40 heavy (non-hydrogen) atoms. The van der Waals surface area contributed by atoms with Crippen LogP contribution in [0.5, 0.6) is 0 Å². The normalized spacial score (nSPS) is 17.1. The second-order valence-electron chi connectivity index (χ2n) is 10.9. The van der Waals surface area contributed by atoms with E-state index in [4.69, 9.17) is 11.6 Å². The Labute approximate surface area is 241 Å². The molecule has 2 fully saturated rings. The maximum Gasteiger partial charge on any atom is 0.259 e. The lowest BCUT2D eigenvalue weighted by atomic mass is 9.96. The number of benzene rings is 2. The zero-order valence-corrected chi connectivity index (χ0v) is 25.0. The lowest BCUT2D eigenvalue weighted by Crippen LogP contribution is -2.49. The minimum Gasteiger partial charge on any atom is -0.368 e. The number of pyridine rings is 1. The van der Waals surface area contributed by atoms with Gasteiger partial charge in [0.05, 0.1) is 10.4 Å². The van der Waals surface area contributed by atoms with Gasteiger partial charge in [0.2, 0.25) is 15.5 Å². The molecule has 2 aromatic carbocycles. The third-order valence-corrected chi connectivity index (χ3v) is 10.6. The average molecular weight is 585 g/mol. The third-order valence-electron chi connectivity index (χ3n) is 8.47. The van der Waals surface area contributed by atoms with E-state index in [1.165, 1.54) is 10.4 Å². The summed E-state index contributed by atoms with van der Waals surface area (Å²) in [6.45, 7) is 6.69. The van der Waals surface area contributed by atoms with E-state index < -0.39 is 15.5 Å². The Balaban J connectivity index is 1.43. The minimum absolute atomic E-state index is 0.0379. The summed E-state index contributed by atoms with van der Waals surface area (Å²) < 4.78 is 30.4. The Morgan fingerprint density at radius 1 is 1.02 bits per heavy atom. The molecule has 1 amide bonds. The van der Waals surface area contributed by atoms with E-state index in [2.05, 4.69) is 4.90 Å². The number of piperazine rings is 1. The molecular weight excluding hydrogens is 548 g/mol. The SMILES string of the molecule is CCn1cc(C(=O)N2CCN(c3cc(Cl)ccc3C)CC2)c(=O)c2cc(S(=O)(=O)N(C)C3CCCCC3)ccc21. The first kappa shape index (κ1) is 28.6. The van der Waals surface area contributed by atoms with Gasteiger partial charge in [0, 0.05) is 68.1 Å². The fourth-order valence-electron chi connectivity index (χ4n) is 6.00. The number of hydrogen-bond donors (Lipinski definition) is 0. The van der Waals surface area contributed by atoms with Gasteiger partial charge in [-0.1, -0.05) is 36.9 Å². The van der Waals surface area contributed by atoms with E-state index in [9.17, 15) is 18.0 Å². The smallest absolute Gasteiger partial charge is 0.259 e. The molecule has 2 heterocycles. The first-order chi connectivity index (χ1) is 19.1. The number of carbonyl (C=O) groups excluding carboxylic acids is 1. The van der Waals surface area contributed by atoms with Crippen LogP contribution in [0.1, 0.15) is 54.9 Å². The molecule has 0 unspecified atom stereocenters. The summed E-state index contributed by atoms with van der Waals surface area (Å²) in [7, 11) is -2.15. The maximum absolute atomic E-state index is 13.7. The second-order valence-corrected chi connectivity index (χ2v) is 13.3. The van der Waals surface area contributed by atoms with Gasteiger partial charge in [0.25, 0.3) is 5.91 Å². The van der Waals surface area contributed by atoms with Gasteiger partial charge in [0.15, 0.2) is 0 Å². The molecular formula is C30H37ClN4O4S. The average Bonchev–Trinajstić information content (AvgIpc) is 2.98. The predicted molar refractivity (Wildman–Crippen MR) is 160 cm³/mol. The highest BCUT2D eigenvalue weighted by molar-refractivity contribution is 7.89. The van der Waals surface area contributed by atoms with Crippen LogP contribution in [0.15, 0.2) is 52.3 Å². The topological polar surface area (TPSA) is 82.9 Å². The van der Waals surface area contributed by atoms with Gasteiger partial charge >= 0.3 is 0 Å². The fourth-order valence-corrected chi connectivity index (χ4v) is 7.61. The van der Waals surface area contributed by atoms with Gasteiger partial charge < -0.3 is 14.4 Å². The van der Waals surface area contributed by atoms with Crippen molar-refractivity contribution in [2.45, 2.75) is 63.4 Å². The van der Waals surface area contributed by atoms with E-state index >= 15 is 0 Å². The Morgan fingerprint density at radius 2 is 1.73 bits per heavy atom. The summed E-state index contributed by atoms with van der Waals surface area (Å²) in [5, 5.41) is 0.917. The van der Waals surface area contributed by atoms with Crippen LogP contribution >= 0.6 is 11.6 Å². The molecule has 214 valence electrons. The highest BCUT2D eigenvalue weighted by Gasteiger charge is 2.30. The molecule has 0 bridgehead atoms. The molecule has 3 aromatic rings. The largest absolute Gasteiger partial charge is 0.368 e. The molecule has 1 aromatic heterocycles. The van der Waals surface area contributed by atoms with E-state index in [-0.39, 0.29) is 27.8 Å². The molecule has 2 aliphatic rings. The van der Waals surface area contributed by atoms with Crippen molar-refractivity contribution < 1.29 is 13.2 Å². The summed E-state index contributed by atoms with van der Waals surface area (Å²) in [6.07, 6.45) is 6.46. The number of aromatic nitrogens is 1. The molecule has 0 spiro atoms. The number of sulfonamides is 1. The van der Waals surface area contributed by atoms with Crippen LogP contribution in [0.2, 0.25) is 5.02 Å². The lowest BCUT2D eigenvalue weighted by Gasteiger charge is -2.37. The maximum atomic E-state index is 13.7. The molecule has 0 N–H and O–H groups in total. The van der Waals surface area contributed by atoms with E-state index in [1.807, 2.05) is 36.6 Å². The second kappa shape index (κ2) is 11.5. The van der Waals surface area contributed by atoms with E-state index in [0.29, 0.717) is 43.3 Å². The van der Waals surface area contributed by atoms with Crippen molar-refractivity contribution in [3.05, 3.63) is 69.0 Å². The summed E-state index contributed by atoms with van der Waals surface area (Å²) in [6, 6.07) is 10.5. The number of rotatable bonds is 6. The van der Waals surface area contributed by atoms with E-state index in [0.717, 1.165) is 43.4 Å². The number of halogens is 1. The molecule has 1 saturated carbocycles. The molecule has 5 rings (SSSR count). The molecule has 8 nitrogen and oxygen atoms in total. The quantitative estimate of drug-likeness (QED) is 0.412.